The van der Waals surface area contributed by atoms with E-state index in [-0.39, 0.29) is 11.5 Å². The molecule has 2 heterocycles. The largest absolute Gasteiger partial charge is 0.337 e. The van der Waals surface area contributed by atoms with E-state index >= 15 is 0 Å². The molecule has 110 valence electrons. The number of aromatic nitrogens is 1. The number of amides is 1. The average Bonchev–Trinajstić information content (AvgIpc) is 2.40. The summed E-state index contributed by atoms with van der Waals surface area (Å²) in [5, 5.41) is 1.55. The molecule has 1 aliphatic heterocycles. The maximum Gasteiger partial charge on any atom is 0.270 e. The van der Waals surface area contributed by atoms with E-state index in [2.05, 4.69) is 0 Å². The van der Waals surface area contributed by atoms with Crippen LogP contribution in [-0.4, -0.2) is 28.5 Å². The van der Waals surface area contributed by atoms with E-state index in [0.29, 0.717) is 17.6 Å². The van der Waals surface area contributed by atoms with Crippen molar-refractivity contribution in [3.8, 4) is 0 Å². The molecule has 1 saturated heterocycles. The molecule has 0 bridgehead atoms. The van der Waals surface area contributed by atoms with E-state index in [1.807, 2.05) is 38.1 Å². The molecule has 1 amide bonds. The van der Waals surface area contributed by atoms with Crippen molar-refractivity contribution in [2.45, 2.75) is 33.2 Å². The zero-order valence-electron chi connectivity index (χ0n) is 12.6. The Morgan fingerprint density at radius 3 is 2.62 bits per heavy atom. The Labute approximate surface area is 124 Å². The van der Waals surface area contributed by atoms with Gasteiger partial charge in [-0.25, -0.2) is 0 Å². The van der Waals surface area contributed by atoms with Crippen LogP contribution in [0.15, 0.2) is 29.1 Å². The third kappa shape index (κ3) is 2.35. The molecule has 4 heteroatoms. The molecule has 0 radical (unpaired) electrons. The predicted molar refractivity (Wildman–Crippen MR) is 83.8 cm³/mol. The number of hydrogen-bond donors (Lipinski definition) is 0. The van der Waals surface area contributed by atoms with Crippen LogP contribution in [0, 0.1) is 6.92 Å². The number of rotatable bonds is 3. The van der Waals surface area contributed by atoms with Crippen LogP contribution in [0.3, 0.4) is 0 Å². The van der Waals surface area contributed by atoms with Gasteiger partial charge in [0.15, 0.2) is 0 Å². The van der Waals surface area contributed by atoms with Crippen molar-refractivity contribution in [2.75, 3.05) is 13.1 Å². The minimum atomic E-state index is -0.0538. The lowest BCUT2D eigenvalue weighted by Crippen LogP contribution is -2.44. The van der Waals surface area contributed by atoms with E-state index in [0.717, 1.165) is 36.9 Å². The van der Waals surface area contributed by atoms with Gasteiger partial charge in [0.25, 0.3) is 11.5 Å². The quantitative estimate of drug-likeness (QED) is 0.869. The SMILES string of the molecule is CCCn1c(C(=O)N2CCC2)cc2ccc(C)cc2c1=O. The number of nitrogens with zero attached hydrogens (tertiary/aromatic N) is 2. The summed E-state index contributed by atoms with van der Waals surface area (Å²) in [5.41, 5.74) is 1.53. The fourth-order valence-corrected chi connectivity index (χ4v) is 2.77. The molecule has 4 nitrogen and oxygen atoms in total. The first-order chi connectivity index (χ1) is 10.1. The van der Waals surface area contributed by atoms with Gasteiger partial charge in [0.1, 0.15) is 5.69 Å². The van der Waals surface area contributed by atoms with E-state index < -0.39 is 0 Å². The Bertz CT molecular complexity index is 757. The number of hydrogen-bond acceptors (Lipinski definition) is 2. The minimum Gasteiger partial charge on any atom is -0.337 e. The monoisotopic (exact) mass is 284 g/mol. The summed E-state index contributed by atoms with van der Waals surface area (Å²) in [7, 11) is 0. The second-order valence-electron chi connectivity index (χ2n) is 5.72. The van der Waals surface area contributed by atoms with Crippen molar-refractivity contribution in [3.63, 3.8) is 0 Å². The molecule has 1 fully saturated rings. The van der Waals surface area contributed by atoms with Crippen molar-refractivity contribution >= 4 is 16.7 Å². The molecular weight excluding hydrogens is 264 g/mol. The van der Waals surface area contributed by atoms with Gasteiger partial charge < -0.3 is 9.47 Å². The maximum absolute atomic E-state index is 12.7. The molecule has 0 atom stereocenters. The van der Waals surface area contributed by atoms with Crippen LogP contribution in [0.2, 0.25) is 0 Å². The summed E-state index contributed by atoms with van der Waals surface area (Å²) in [6, 6.07) is 7.67. The third-order valence-corrected chi connectivity index (χ3v) is 4.08. The van der Waals surface area contributed by atoms with Crippen LogP contribution >= 0.6 is 0 Å². The Morgan fingerprint density at radius 1 is 1.24 bits per heavy atom. The standard InChI is InChI=1S/C17H20N2O2/c1-3-7-19-15(17(21)18-8-4-9-18)11-13-6-5-12(2)10-14(13)16(19)20/h5-6,10-11H,3-4,7-9H2,1-2H3. The molecule has 0 spiro atoms. The predicted octanol–water partition coefficient (Wildman–Crippen LogP) is 2.57. The highest BCUT2D eigenvalue weighted by Crippen LogP contribution is 2.18. The lowest BCUT2D eigenvalue weighted by molar-refractivity contribution is 0.0639. The highest BCUT2D eigenvalue weighted by molar-refractivity contribution is 5.97. The molecule has 1 aromatic carbocycles. The topological polar surface area (TPSA) is 42.3 Å². The van der Waals surface area contributed by atoms with E-state index in [9.17, 15) is 9.59 Å². The first kappa shape index (κ1) is 13.9. The fourth-order valence-electron chi connectivity index (χ4n) is 2.77. The van der Waals surface area contributed by atoms with Crippen molar-refractivity contribution in [1.82, 2.24) is 9.47 Å². The molecule has 2 aromatic rings. The van der Waals surface area contributed by atoms with Crippen LogP contribution in [0.5, 0.6) is 0 Å². The van der Waals surface area contributed by atoms with Crippen molar-refractivity contribution in [2.24, 2.45) is 0 Å². The molecule has 0 N–H and O–H groups in total. The fraction of sp³-hybridized carbons (Fsp3) is 0.412. The molecule has 0 aliphatic carbocycles. The van der Waals surface area contributed by atoms with Crippen LogP contribution < -0.4 is 5.56 Å². The molecule has 1 aromatic heterocycles. The van der Waals surface area contributed by atoms with Gasteiger partial charge in [0.2, 0.25) is 0 Å². The van der Waals surface area contributed by atoms with Gasteiger partial charge in [-0.15, -0.1) is 0 Å². The van der Waals surface area contributed by atoms with Gasteiger partial charge in [-0.05, 0) is 37.3 Å². The van der Waals surface area contributed by atoms with E-state index in [1.54, 1.807) is 9.47 Å². The van der Waals surface area contributed by atoms with Crippen molar-refractivity contribution < 1.29 is 4.79 Å². The van der Waals surface area contributed by atoms with Crippen molar-refractivity contribution in [1.29, 1.82) is 0 Å². The normalized spacial score (nSPS) is 14.3. The lowest BCUT2D eigenvalue weighted by atomic mass is 10.1. The van der Waals surface area contributed by atoms with Gasteiger partial charge in [0, 0.05) is 25.0 Å². The summed E-state index contributed by atoms with van der Waals surface area (Å²) >= 11 is 0. The number of pyridine rings is 1. The lowest BCUT2D eigenvalue weighted by Gasteiger charge is -2.31. The van der Waals surface area contributed by atoms with Gasteiger partial charge in [0.05, 0.1) is 0 Å². The van der Waals surface area contributed by atoms with Crippen molar-refractivity contribution in [3.05, 3.63) is 45.9 Å². The second-order valence-corrected chi connectivity index (χ2v) is 5.72. The van der Waals surface area contributed by atoms with Gasteiger partial charge in [-0.1, -0.05) is 24.6 Å². The Kier molecular flexibility index (Phi) is 3.53. The van der Waals surface area contributed by atoms with Crippen LogP contribution in [0.1, 0.15) is 35.8 Å². The highest BCUT2D eigenvalue weighted by Gasteiger charge is 2.25. The summed E-state index contributed by atoms with van der Waals surface area (Å²) in [4.78, 5) is 27.1. The number of fused-ring (bicyclic) bond motifs is 1. The number of benzene rings is 1. The number of carbonyl (C=O) groups is 1. The van der Waals surface area contributed by atoms with E-state index in [4.69, 9.17) is 0 Å². The first-order valence-electron chi connectivity index (χ1n) is 7.55. The first-order valence-corrected chi connectivity index (χ1v) is 7.55. The highest BCUT2D eigenvalue weighted by atomic mass is 16.2. The Morgan fingerprint density at radius 2 is 2.00 bits per heavy atom. The van der Waals surface area contributed by atoms with Crippen LogP contribution in [0.25, 0.3) is 10.8 Å². The van der Waals surface area contributed by atoms with Gasteiger partial charge in [-0.2, -0.15) is 0 Å². The molecule has 1 aliphatic rings. The maximum atomic E-state index is 12.7. The van der Waals surface area contributed by atoms with E-state index in [1.165, 1.54) is 0 Å². The number of carbonyl (C=O) groups excluding carboxylic acids is 1. The third-order valence-electron chi connectivity index (χ3n) is 4.08. The summed E-state index contributed by atoms with van der Waals surface area (Å²) in [6.07, 6.45) is 1.88. The van der Waals surface area contributed by atoms with Gasteiger partial charge in [-0.3, -0.25) is 9.59 Å². The minimum absolute atomic E-state index is 0.0192. The average molecular weight is 284 g/mol. The molecule has 0 unspecified atom stereocenters. The summed E-state index contributed by atoms with van der Waals surface area (Å²) in [5.74, 6) is -0.0192. The number of aryl methyl sites for hydroxylation is 1. The Balaban J connectivity index is 2.21. The van der Waals surface area contributed by atoms with Gasteiger partial charge >= 0.3 is 0 Å². The number of likely N-dealkylation sites (tertiary alicyclic amines) is 1. The molecular formula is C17H20N2O2. The summed E-state index contributed by atoms with van der Waals surface area (Å²) in [6.45, 7) is 6.17. The molecule has 0 saturated carbocycles. The summed E-state index contributed by atoms with van der Waals surface area (Å²) < 4.78 is 1.64. The molecule has 3 rings (SSSR count). The van der Waals surface area contributed by atoms with Crippen LogP contribution in [-0.2, 0) is 6.54 Å². The zero-order valence-corrected chi connectivity index (χ0v) is 12.6. The van der Waals surface area contributed by atoms with Crippen LogP contribution in [0.4, 0.5) is 0 Å². The smallest absolute Gasteiger partial charge is 0.270 e. The molecule has 21 heavy (non-hydrogen) atoms. The Hall–Kier alpha value is -2.10. The zero-order chi connectivity index (χ0) is 15.0. The second kappa shape index (κ2) is 5.35.